The van der Waals surface area contributed by atoms with E-state index in [1.807, 2.05) is 32.0 Å². The summed E-state index contributed by atoms with van der Waals surface area (Å²) in [6.45, 7) is 3.88. The Kier molecular flexibility index (Phi) is 5.60. The highest BCUT2D eigenvalue weighted by atomic mass is 32.2. The van der Waals surface area contributed by atoms with Gasteiger partial charge in [0, 0.05) is 6.04 Å². The zero-order chi connectivity index (χ0) is 17.7. The first-order valence-electron chi connectivity index (χ1n) is 7.54. The Bertz CT molecular complexity index is 837. The highest BCUT2D eigenvalue weighted by molar-refractivity contribution is 7.89. The number of hydrogen-bond donors (Lipinski definition) is 1. The van der Waals surface area contributed by atoms with Gasteiger partial charge in [0.25, 0.3) is 0 Å². The van der Waals surface area contributed by atoms with Crippen LogP contribution in [-0.4, -0.2) is 15.5 Å². The van der Waals surface area contributed by atoms with Crippen molar-refractivity contribution in [3.63, 3.8) is 0 Å². The highest BCUT2D eigenvalue weighted by Gasteiger charge is 2.25. The van der Waals surface area contributed by atoms with E-state index in [1.165, 1.54) is 12.1 Å². The number of methoxy groups -OCH3 is 1. The van der Waals surface area contributed by atoms with Crippen LogP contribution in [0.25, 0.3) is 0 Å². The Morgan fingerprint density at radius 1 is 1.08 bits per heavy atom. The van der Waals surface area contributed by atoms with Crippen LogP contribution in [0, 0.1) is 17.2 Å². The van der Waals surface area contributed by atoms with Gasteiger partial charge in [-0.15, -0.1) is 0 Å². The molecule has 0 aliphatic carbocycles. The molecule has 0 saturated heterocycles. The van der Waals surface area contributed by atoms with Gasteiger partial charge in [-0.05, 0) is 35.7 Å². The molecule has 0 aromatic heterocycles. The molecule has 0 aliphatic rings. The molecule has 0 spiro atoms. The Morgan fingerprint density at radius 3 is 2.25 bits per heavy atom. The Balaban J connectivity index is 2.38. The molecule has 0 bridgehead atoms. The molecule has 0 amide bonds. The third-order valence-corrected chi connectivity index (χ3v) is 5.22. The van der Waals surface area contributed by atoms with Gasteiger partial charge in [-0.1, -0.05) is 38.1 Å². The van der Waals surface area contributed by atoms with E-state index in [1.54, 1.807) is 31.4 Å². The van der Waals surface area contributed by atoms with Crippen LogP contribution in [0.2, 0.25) is 0 Å². The van der Waals surface area contributed by atoms with Gasteiger partial charge >= 0.3 is 0 Å². The topological polar surface area (TPSA) is 79.2 Å². The van der Waals surface area contributed by atoms with E-state index >= 15 is 0 Å². The number of nitrogens with zero attached hydrogens (tertiary/aromatic N) is 1. The molecule has 0 heterocycles. The molecule has 0 saturated carbocycles. The summed E-state index contributed by atoms with van der Waals surface area (Å²) in [5.41, 5.74) is 0.964. The smallest absolute Gasteiger partial charge is 0.242 e. The monoisotopic (exact) mass is 344 g/mol. The van der Waals surface area contributed by atoms with Crippen LogP contribution < -0.4 is 9.46 Å². The van der Waals surface area contributed by atoms with E-state index in [2.05, 4.69) is 4.72 Å². The van der Waals surface area contributed by atoms with Crippen molar-refractivity contribution in [1.82, 2.24) is 4.72 Å². The van der Waals surface area contributed by atoms with Crippen molar-refractivity contribution in [3.8, 4) is 11.8 Å². The molecular formula is C18H20N2O3S. The first kappa shape index (κ1) is 18.0. The van der Waals surface area contributed by atoms with E-state index < -0.39 is 16.1 Å². The van der Waals surface area contributed by atoms with Gasteiger partial charge in [0.1, 0.15) is 11.8 Å². The molecule has 1 N–H and O–H groups in total. The minimum absolute atomic E-state index is 0.00772. The number of hydrogen-bond acceptors (Lipinski definition) is 4. The van der Waals surface area contributed by atoms with E-state index in [0.717, 1.165) is 5.56 Å². The summed E-state index contributed by atoms with van der Waals surface area (Å²) >= 11 is 0. The molecule has 1 atom stereocenters. The molecule has 0 unspecified atom stereocenters. The average Bonchev–Trinajstić information content (AvgIpc) is 2.59. The van der Waals surface area contributed by atoms with Gasteiger partial charge in [0.05, 0.1) is 17.6 Å². The fourth-order valence-electron chi connectivity index (χ4n) is 2.42. The standard InChI is InChI=1S/C18H20N2O3S/c1-13(2)18(14-8-10-16(23-3)11-9-14)20-24(21,22)17-7-5-4-6-15(17)12-19/h4-11,13,18,20H,1-3H3/t18-/m0/s1. The average molecular weight is 344 g/mol. The molecule has 2 aromatic carbocycles. The van der Waals surface area contributed by atoms with Gasteiger partial charge in [-0.3, -0.25) is 0 Å². The van der Waals surface area contributed by atoms with Crippen LogP contribution in [0.3, 0.4) is 0 Å². The van der Waals surface area contributed by atoms with Crippen molar-refractivity contribution in [2.45, 2.75) is 24.8 Å². The summed E-state index contributed by atoms with van der Waals surface area (Å²) in [5, 5.41) is 9.14. The molecule has 2 aromatic rings. The number of nitriles is 1. The van der Waals surface area contributed by atoms with Gasteiger partial charge < -0.3 is 4.74 Å². The van der Waals surface area contributed by atoms with E-state index in [0.29, 0.717) is 5.75 Å². The Labute approximate surface area is 142 Å². The van der Waals surface area contributed by atoms with Crippen LogP contribution >= 0.6 is 0 Å². The van der Waals surface area contributed by atoms with Gasteiger partial charge in [0.2, 0.25) is 10.0 Å². The zero-order valence-corrected chi connectivity index (χ0v) is 14.7. The lowest BCUT2D eigenvalue weighted by molar-refractivity contribution is 0.413. The van der Waals surface area contributed by atoms with Crippen LogP contribution in [0.5, 0.6) is 5.75 Å². The van der Waals surface area contributed by atoms with E-state index in [4.69, 9.17) is 10.00 Å². The van der Waals surface area contributed by atoms with Crippen molar-refractivity contribution in [1.29, 1.82) is 5.26 Å². The normalized spacial score (nSPS) is 12.6. The first-order chi connectivity index (χ1) is 11.4. The third-order valence-electron chi connectivity index (χ3n) is 3.72. The Hall–Kier alpha value is -2.36. The molecule has 0 aliphatic heterocycles. The Morgan fingerprint density at radius 2 is 1.71 bits per heavy atom. The summed E-state index contributed by atoms with van der Waals surface area (Å²) in [7, 11) is -2.24. The quantitative estimate of drug-likeness (QED) is 0.872. The molecule has 0 fully saturated rings. The predicted molar refractivity (Wildman–Crippen MR) is 92.1 cm³/mol. The summed E-state index contributed by atoms with van der Waals surface area (Å²) < 4.78 is 33.3. The minimum atomic E-state index is -3.81. The summed E-state index contributed by atoms with van der Waals surface area (Å²) in [6.07, 6.45) is 0. The maximum atomic E-state index is 12.7. The van der Waals surface area contributed by atoms with Crippen molar-refractivity contribution < 1.29 is 13.2 Å². The largest absolute Gasteiger partial charge is 0.497 e. The molecule has 24 heavy (non-hydrogen) atoms. The highest BCUT2D eigenvalue weighted by Crippen LogP contribution is 2.26. The maximum Gasteiger partial charge on any atom is 0.242 e. The maximum absolute atomic E-state index is 12.7. The molecular weight excluding hydrogens is 324 g/mol. The lowest BCUT2D eigenvalue weighted by atomic mass is 9.97. The number of benzene rings is 2. The van der Waals surface area contributed by atoms with Crippen molar-refractivity contribution in [3.05, 3.63) is 59.7 Å². The molecule has 5 nitrogen and oxygen atoms in total. The lowest BCUT2D eigenvalue weighted by Gasteiger charge is -2.23. The number of ether oxygens (including phenoxy) is 1. The SMILES string of the molecule is COc1ccc([C@@H](NS(=O)(=O)c2ccccc2C#N)C(C)C)cc1. The van der Waals surface area contributed by atoms with Crippen LogP contribution in [-0.2, 0) is 10.0 Å². The molecule has 0 radical (unpaired) electrons. The second-order valence-electron chi connectivity index (χ2n) is 5.72. The van der Waals surface area contributed by atoms with E-state index in [9.17, 15) is 8.42 Å². The second-order valence-corrected chi connectivity index (χ2v) is 7.41. The van der Waals surface area contributed by atoms with Gasteiger partial charge in [0.15, 0.2) is 0 Å². The predicted octanol–water partition coefficient (Wildman–Crippen LogP) is 3.24. The van der Waals surface area contributed by atoms with Gasteiger partial charge in [-0.2, -0.15) is 5.26 Å². The lowest BCUT2D eigenvalue weighted by Crippen LogP contribution is -2.32. The summed E-state index contributed by atoms with van der Waals surface area (Å²) in [6, 6.07) is 14.9. The van der Waals surface area contributed by atoms with Crippen molar-refractivity contribution in [2.75, 3.05) is 7.11 Å². The van der Waals surface area contributed by atoms with Crippen LogP contribution in [0.15, 0.2) is 53.4 Å². The van der Waals surface area contributed by atoms with Gasteiger partial charge in [-0.25, -0.2) is 13.1 Å². The van der Waals surface area contributed by atoms with Crippen molar-refractivity contribution >= 4 is 10.0 Å². The first-order valence-corrected chi connectivity index (χ1v) is 9.02. The molecule has 126 valence electrons. The fraction of sp³-hybridized carbons (Fsp3) is 0.278. The minimum Gasteiger partial charge on any atom is -0.497 e. The fourth-order valence-corrected chi connectivity index (χ4v) is 3.95. The summed E-state index contributed by atoms with van der Waals surface area (Å²) in [5.74, 6) is 0.737. The molecule has 6 heteroatoms. The van der Waals surface area contributed by atoms with Crippen LogP contribution in [0.4, 0.5) is 0 Å². The number of rotatable bonds is 6. The second kappa shape index (κ2) is 7.47. The van der Waals surface area contributed by atoms with E-state index in [-0.39, 0.29) is 16.4 Å². The zero-order valence-electron chi connectivity index (χ0n) is 13.9. The van der Waals surface area contributed by atoms with Crippen LogP contribution in [0.1, 0.15) is 31.0 Å². The van der Waals surface area contributed by atoms with Crippen molar-refractivity contribution in [2.24, 2.45) is 5.92 Å². The number of nitrogens with one attached hydrogen (secondary N) is 1. The molecule has 2 rings (SSSR count). The summed E-state index contributed by atoms with van der Waals surface area (Å²) in [4.78, 5) is -0.00772. The third kappa shape index (κ3) is 3.94. The number of sulfonamides is 1.